The first-order valence-electron chi connectivity index (χ1n) is 12.9. The zero-order valence-electron chi connectivity index (χ0n) is 22.9. The van der Waals surface area contributed by atoms with Crippen LogP contribution >= 0.6 is 0 Å². The first-order valence-corrected chi connectivity index (χ1v) is 17.7. The largest absolute Gasteiger partial charge is 0.462 e. The van der Waals surface area contributed by atoms with Gasteiger partial charge >= 0.3 is 5.97 Å². The van der Waals surface area contributed by atoms with Gasteiger partial charge in [-0.3, -0.25) is 4.79 Å². The average molecular weight is 513 g/mol. The minimum atomic E-state index is -2.60. The predicted octanol–water partition coefficient (Wildman–Crippen LogP) is 6.05. The summed E-state index contributed by atoms with van der Waals surface area (Å²) in [5, 5.41) is 2.56. The Kier molecular flexibility index (Phi) is 8.52. The van der Waals surface area contributed by atoms with Crippen LogP contribution in [0.1, 0.15) is 60.8 Å². The smallest absolute Gasteiger partial charge is 0.308 e. The van der Waals surface area contributed by atoms with Crippen LogP contribution in [0.5, 0.6) is 0 Å². The van der Waals surface area contributed by atoms with Crippen molar-refractivity contribution in [3.63, 3.8) is 0 Å². The molecular weight excluding hydrogens is 468 g/mol. The highest BCUT2D eigenvalue weighted by molar-refractivity contribution is 6.99. The van der Waals surface area contributed by atoms with Crippen molar-refractivity contribution >= 4 is 33.0 Å². The molecule has 2 atom stereocenters. The quantitative estimate of drug-likeness (QED) is 0.319. The van der Waals surface area contributed by atoms with Gasteiger partial charge in [-0.1, -0.05) is 102 Å². The number of rotatable bonds is 8. The lowest BCUT2D eigenvalue weighted by molar-refractivity contribution is -0.160. The second kappa shape index (κ2) is 10.7. The lowest BCUT2D eigenvalue weighted by Gasteiger charge is -2.43. The Bertz CT molecular complexity index is 922. The molecule has 35 heavy (non-hydrogen) atoms. The molecule has 0 unspecified atom stereocenters. The van der Waals surface area contributed by atoms with E-state index in [9.17, 15) is 4.79 Å². The van der Waals surface area contributed by atoms with Gasteiger partial charge in [0, 0.05) is 19.4 Å². The summed E-state index contributed by atoms with van der Waals surface area (Å²) in [6.07, 6.45) is 1.51. The Balaban J connectivity index is 1.79. The summed E-state index contributed by atoms with van der Waals surface area (Å²) in [6.45, 7) is 18.6. The van der Waals surface area contributed by atoms with E-state index in [1.54, 1.807) is 0 Å². The lowest BCUT2D eigenvalue weighted by atomic mass is 10.0. The molecular formula is C29H44O4Si2. The number of carbonyl (C=O) groups is 1. The van der Waals surface area contributed by atoms with Gasteiger partial charge in [0.15, 0.2) is 8.32 Å². The third-order valence-electron chi connectivity index (χ3n) is 7.66. The fourth-order valence-corrected chi connectivity index (χ4v) is 10.8. The van der Waals surface area contributed by atoms with E-state index < -0.39 is 16.6 Å². The van der Waals surface area contributed by atoms with Gasteiger partial charge < -0.3 is 13.6 Å². The van der Waals surface area contributed by atoms with Gasteiger partial charge in [-0.2, -0.15) is 0 Å². The van der Waals surface area contributed by atoms with Crippen LogP contribution in [0.15, 0.2) is 60.7 Å². The maximum atomic E-state index is 12.5. The maximum Gasteiger partial charge on any atom is 0.308 e. The SMILES string of the molecule is CC(C)(C)[Si](C)(C)O[C@@H]1CC(=O)O[C@@H](CCO[Si](c2ccccc2)(c2ccccc2)C(C)(C)C)C1. The molecule has 1 saturated heterocycles. The van der Waals surface area contributed by atoms with Gasteiger partial charge in [0.2, 0.25) is 0 Å². The molecule has 0 amide bonds. The van der Waals surface area contributed by atoms with Gasteiger partial charge in [-0.15, -0.1) is 0 Å². The molecule has 4 nitrogen and oxygen atoms in total. The molecule has 1 aliphatic rings. The molecule has 2 aromatic carbocycles. The summed E-state index contributed by atoms with van der Waals surface area (Å²) < 4.78 is 19.4. The molecule has 1 heterocycles. The van der Waals surface area contributed by atoms with Crippen LogP contribution in [0.25, 0.3) is 0 Å². The molecule has 2 aromatic rings. The van der Waals surface area contributed by atoms with Gasteiger partial charge in [-0.05, 0) is 33.5 Å². The number of carbonyl (C=O) groups excluding carboxylic acids is 1. The maximum absolute atomic E-state index is 12.5. The van der Waals surface area contributed by atoms with Crippen LogP contribution in [-0.4, -0.2) is 41.4 Å². The molecule has 0 N–H and O–H groups in total. The highest BCUT2D eigenvalue weighted by Crippen LogP contribution is 2.39. The Labute approximate surface area is 214 Å². The van der Waals surface area contributed by atoms with Crippen molar-refractivity contribution in [2.45, 2.75) is 96.2 Å². The highest BCUT2D eigenvalue weighted by atomic mass is 28.4. The third-order valence-corrected chi connectivity index (χ3v) is 17.2. The van der Waals surface area contributed by atoms with E-state index in [0.717, 1.165) is 6.42 Å². The average Bonchev–Trinajstić information content (AvgIpc) is 2.75. The van der Waals surface area contributed by atoms with Crippen molar-refractivity contribution in [1.82, 2.24) is 0 Å². The summed E-state index contributed by atoms with van der Waals surface area (Å²) in [4.78, 5) is 12.5. The summed E-state index contributed by atoms with van der Waals surface area (Å²) >= 11 is 0. The second-order valence-corrected chi connectivity index (χ2v) is 21.4. The minimum Gasteiger partial charge on any atom is -0.462 e. The topological polar surface area (TPSA) is 44.8 Å². The number of hydrogen-bond donors (Lipinski definition) is 0. The zero-order valence-corrected chi connectivity index (χ0v) is 24.9. The monoisotopic (exact) mass is 512 g/mol. The van der Waals surface area contributed by atoms with Crippen LogP contribution in [0.2, 0.25) is 23.2 Å². The summed E-state index contributed by atoms with van der Waals surface area (Å²) in [6, 6.07) is 21.3. The van der Waals surface area contributed by atoms with E-state index in [1.807, 2.05) is 0 Å². The van der Waals surface area contributed by atoms with Crippen molar-refractivity contribution in [2.75, 3.05) is 6.61 Å². The molecule has 0 bridgehead atoms. The molecule has 3 rings (SSSR count). The number of hydrogen-bond acceptors (Lipinski definition) is 4. The molecule has 0 radical (unpaired) electrons. The fraction of sp³-hybridized carbons (Fsp3) is 0.552. The van der Waals surface area contributed by atoms with E-state index >= 15 is 0 Å². The van der Waals surface area contributed by atoms with Crippen molar-refractivity contribution in [3.05, 3.63) is 60.7 Å². The number of ether oxygens (including phenoxy) is 1. The summed E-state index contributed by atoms with van der Waals surface area (Å²) in [7, 11) is -4.55. The first kappa shape index (κ1) is 27.8. The second-order valence-electron chi connectivity index (χ2n) is 12.4. The molecule has 1 fully saturated rings. The number of cyclic esters (lactones) is 1. The summed E-state index contributed by atoms with van der Waals surface area (Å²) in [5.41, 5.74) is 0. The van der Waals surface area contributed by atoms with Crippen LogP contribution in [0.3, 0.4) is 0 Å². The minimum absolute atomic E-state index is 0.0741. The van der Waals surface area contributed by atoms with Gasteiger partial charge in [0.25, 0.3) is 8.32 Å². The van der Waals surface area contributed by atoms with Crippen LogP contribution in [0, 0.1) is 0 Å². The highest BCUT2D eigenvalue weighted by Gasteiger charge is 2.50. The van der Waals surface area contributed by atoms with E-state index in [1.165, 1.54) is 10.4 Å². The number of esters is 1. The van der Waals surface area contributed by atoms with E-state index in [4.69, 9.17) is 13.6 Å². The van der Waals surface area contributed by atoms with Crippen molar-refractivity contribution in [2.24, 2.45) is 0 Å². The van der Waals surface area contributed by atoms with Crippen LogP contribution < -0.4 is 10.4 Å². The molecule has 0 aliphatic carbocycles. The van der Waals surface area contributed by atoms with Gasteiger partial charge in [-0.25, -0.2) is 0 Å². The third kappa shape index (κ3) is 6.34. The van der Waals surface area contributed by atoms with Crippen LogP contribution in [0.4, 0.5) is 0 Å². The first-order chi connectivity index (χ1) is 16.3. The molecule has 0 saturated carbocycles. The molecule has 0 aromatic heterocycles. The fourth-order valence-electron chi connectivity index (χ4n) is 4.81. The Hall–Kier alpha value is -1.74. The van der Waals surface area contributed by atoms with Crippen molar-refractivity contribution in [3.8, 4) is 0 Å². The Morgan fingerprint density at radius 2 is 1.37 bits per heavy atom. The normalized spacial score (nSPS) is 19.9. The molecule has 1 aliphatic heterocycles. The Morgan fingerprint density at radius 3 is 1.83 bits per heavy atom. The molecule has 6 heteroatoms. The van der Waals surface area contributed by atoms with Gasteiger partial charge in [0.1, 0.15) is 6.10 Å². The van der Waals surface area contributed by atoms with Crippen LogP contribution in [-0.2, 0) is 18.4 Å². The lowest BCUT2D eigenvalue weighted by Crippen LogP contribution is -2.66. The van der Waals surface area contributed by atoms with Crippen molar-refractivity contribution < 1.29 is 18.4 Å². The summed E-state index contributed by atoms with van der Waals surface area (Å²) in [5.74, 6) is -0.157. The zero-order chi connectivity index (χ0) is 25.9. The standard InChI is InChI=1S/C29H44O4Si2/c1-28(2,3)34(7,8)33-24-21-23(32-27(30)22-24)19-20-31-35(29(4,5)6,25-15-11-9-12-16-25)26-17-13-10-14-18-26/h9-18,23-24H,19-22H2,1-8H3/t23-,24-/m0/s1. The van der Waals surface area contributed by atoms with Crippen molar-refractivity contribution in [1.29, 1.82) is 0 Å². The van der Waals surface area contributed by atoms with E-state index in [0.29, 0.717) is 19.4 Å². The number of benzene rings is 2. The molecule has 0 spiro atoms. The molecule has 192 valence electrons. The van der Waals surface area contributed by atoms with E-state index in [-0.39, 0.29) is 28.3 Å². The van der Waals surface area contributed by atoms with E-state index in [2.05, 4.69) is 115 Å². The predicted molar refractivity (Wildman–Crippen MR) is 149 cm³/mol. The van der Waals surface area contributed by atoms with Gasteiger partial charge in [0.05, 0.1) is 12.5 Å². The Morgan fingerprint density at radius 1 is 0.857 bits per heavy atom.